The number of likely N-dealkylation sites (N-methyl/N-ethyl adjacent to an activating group) is 1. The maximum Gasteiger partial charge on any atom is 0.276 e. The van der Waals surface area contributed by atoms with Crippen LogP contribution in [0.4, 0.5) is 5.82 Å². The molecule has 0 amide bonds. The Labute approximate surface area is 177 Å². The summed E-state index contributed by atoms with van der Waals surface area (Å²) in [5.74, 6) is 2.85. The molecule has 9 nitrogen and oxygen atoms in total. The minimum atomic E-state index is 0.517. The fourth-order valence-electron chi connectivity index (χ4n) is 3.94. The van der Waals surface area contributed by atoms with Crippen molar-refractivity contribution in [1.29, 1.82) is 0 Å². The van der Waals surface area contributed by atoms with Gasteiger partial charge in [-0.3, -0.25) is 0 Å². The third-order valence-electron chi connectivity index (χ3n) is 5.48. The van der Waals surface area contributed by atoms with Crippen LogP contribution in [-0.2, 0) is 19.4 Å². The van der Waals surface area contributed by atoms with Gasteiger partial charge in [0.2, 0.25) is 0 Å². The molecule has 156 valence electrons. The van der Waals surface area contributed by atoms with Crippen LogP contribution in [0.15, 0.2) is 18.2 Å². The summed E-state index contributed by atoms with van der Waals surface area (Å²) in [6, 6.07) is 6.00. The van der Waals surface area contributed by atoms with E-state index in [1.54, 1.807) is 30.1 Å². The zero-order valence-corrected chi connectivity index (χ0v) is 18.0. The van der Waals surface area contributed by atoms with E-state index >= 15 is 0 Å². The molecule has 1 aliphatic heterocycles. The van der Waals surface area contributed by atoms with Crippen LogP contribution in [0.5, 0.6) is 11.5 Å². The van der Waals surface area contributed by atoms with Gasteiger partial charge in [0.25, 0.3) is 5.78 Å². The molecule has 0 aliphatic carbocycles. The van der Waals surface area contributed by atoms with Crippen molar-refractivity contribution in [3.05, 3.63) is 34.2 Å². The van der Waals surface area contributed by atoms with E-state index in [9.17, 15) is 0 Å². The average Bonchev–Trinajstić information content (AvgIpc) is 3.37. The van der Waals surface area contributed by atoms with Crippen LogP contribution in [0.3, 0.4) is 0 Å². The number of nitrogens with zero attached hydrogens (tertiary/aromatic N) is 6. The van der Waals surface area contributed by atoms with Crippen LogP contribution >= 0.6 is 11.3 Å². The summed E-state index contributed by atoms with van der Waals surface area (Å²) in [6.45, 7) is 2.72. The molecule has 10 heteroatoms. The van der Waals surface area contributed by atoms with Gasteiger partial charge in [-0.2, -0.15) is 9.50 Å². The van der Waals surface area contributed by atoms with Crippen LogP contribution in [0, 0.1) is 0 Å². The van der Waals surface area contributed by atoms with Gasteiger partial charge in [0.1, 0.15) is 10.6 Å². The van der Waals surface area contributed by atoms with Crippen molar-refractivity contribution in [2.45, 2.75) is 19.4 Å². The predicted molar refractivity (Wildman–Crippen MR) is 116 cm³/mol. The zero-order chi connectivity index (χ0) is 20.7. The van der Waals surface area contributed by atoms with E-state index in [0.29, 0.717) is 5.78 Å². The highest BCUT2D eigenvalue weighted by molar-refractivity contribution is 7.19. The minimum absolute atomic E-state index is 0.517. The molecule has 5 rings (SSSR count). The van der Waals surface area contributed by atoms with Crippen molar-refractivity contribution in [3.8, 4) is 11.5 Å². The summed E-state index contributed by atoms with van der Waals surface area (Å²) in [6.07, 6.45) is 1.83. The number of nitrogens with one attached hydrogen (secondary N) is 1. The molecule has 0 unspecified atom stereocenters. The van der Waals surface area contributed by atoms with Crippen molar-refractivity contribution >= 4 is 33.1 Å². The molecule has 1 aromatic carbocycles. The Morgan fingerprint density at radius 2 is 2.07 bits per heavy atom. The van der Waals surface area contributed by atoms with E-state index in [-0.39, 0.29) is 0 Å². The monoisotopic (exact) mass is 425 g/mol. The molecule has 3 aromatic heterocycles. The summed E-state index contributed by atoms with van der Waals surface area (Å²) in [4.78, 5) is 9.48. The summed E-state index contributed by atoms with van der Waals surface area (Å²) < 4.78 is 12.5. The molecule has 0 saturated heterocycles. The maximum absolute atomic E-state index is 5.41. The lowest BCUT2D eigenvalue weighted by Crippen LogP contribution is -2.25. The molecule has 30 heavy (non-hydrogen) atoms. The second-order valence-electron chi connectivity index (χ2n) is 7.39. The van der Waals surface area contributed by atoms with Crippen molar-refractivity contribution in [2.75, 3.05) is 39.7 Å². The second-order valence-corrected chi connectivity index (χ2v) is 8.47. The lowest BCUT2D eigenvalue weighted by molar-refractivity contribution is 0.318. The van der Waals surface area contributed by atoms with Crippen molar-refractivity contribution in [3.63, 3.8) is 0 Å². The van der Waals surface area contributed by atoms with Gasteiger partial charge in [-0.15, -0.1) is 11.3 Å². The zero-order valence-electron chi connectivity index (χ0n) is 17.2. The molecule has 1 N–H and O–H groups in total. The molecular formula is C20H23N7O2S. The fraction of sp³-hybridized carbons (Fsp3) is 0.400. The second kappa shape index (κ2) is 7.69. The standard InChI is InChI=1S/C20H23N7O2S/c1-26-9-7-13-16(11-26)30-19-17(13)18(22-20-23-24-25-27(19)20)21-8-6-12-4-5-14(28-2)15(10-12)29-3/h4-5,10H,6-9,11H2,1-3H3,(H,21,22,23,25). The van der Waals surface area contributed by atoms with Gasteiger partial charge < -0.3 is 19.7 Å². The van der Waals surface area contributed by atoms with Crippen LogP contribution in [0.2, 0.25) is 0 Å². The smallest absolute Gasteiger partial charge is 0.276 e. The van der Waals surface area contributed by atoms with E-state index in [4.69, 9.17) is 14.5 Å². The van der Waals surface area contributed by atoms with Crippen LogP contribution in [0.1, 0.15) is 16.0 Å². The summed E-state index contributed by atoms with van der Waals surface area (Å²) in [5.41, 5.74) is 2.53. The van der Waals surface area contributed by atoms with E-state index in [1.165, 1.54) is 10.4 Å². The first-order chi connectivity index (χ1) is 14.7. The number of ether oxygens (including phenoxy) is 2. The van der Waals surface area contributed by atoms with Gasteiger partial charge in [-0.05, 0) is 53.6 Å². The first-order valence-electron chi connectivity index (χ1n) is 9.83. The Kier molecular flexibility index (Phi) is 4.87. The Morgan fingerprint density at radius 1 is 1.20 bits per heavy atom. The number of methoxy groups -OCH3 is 2. The number of hydrogen-bond acceptors (Lipinski definition) is 9. The van der Waals surface area contributed by atoms with Crippen molar-refractivity contribution in [2.24, 2.45) is 0 Å². The van der Waals surface area contributed by atoms with Crippen molar-refractivity contribution in [1.82, 2.24) is 29.9 Å². The van der Waals surface area contributed by atoms with Gasteiger partial charge in [-0.1, -0.05) is 11.2 Å². The SMILES string of the molecule is COc1ccc(CCNc2nc3nnnn3c3sc4c(c23)CCN(C)C4)cc1OC. The first kappa shape index (κ1) is 19.0. The molecule has 1 aliphatic rings. The van der Waals surface area contributed by atoms with E-state index < -0.39 is 0 Å². The topological polar surface area (TPSA) is 89.7 Å². The van der Waals surface area contributed by atoms with Gasteiger partial charge in [0.05, 0.1) is 19.6 Å². The molecule has 0 saturated carbocycles. The molecule has 4 aromatic rings. The predicted octanol–water partition coefficient (Wildman–Crippen LogP) is 2.39. The van der Waals surface area contributed by atoms with E-state index in [1.807, 2.05) is 12.1 Å². The van der Waals surface area contributed by atoms with Crippen molar-refractivity contribution < 1.29 is 9.47 Å². The quantitative estimate of drug-likeness (QED) is 0.504. The molecule has 0 spiro atoms. The highest BCUT2D eigenvalue weighted by Gasteiger charge is 2.24. The molecule has 0 radical (unpaired) electrons. The number of rotatable bonds is 6. The number of thiophene rings is 1. The first-order valence-corrected chi connectivity index (χ1v) is 10.6. The van der Waals surface area contributed by atoms with Gasteiger partial charge in [0.15, 0.2) is 11.5 Å². The van der Waals surface area contributed by atoms with Gasteiger partial charge >= 0.3 is 0 Å². The largest absolute Gasteiger partial charge is 0.493 e. The third-order valence-corrected chi connectivity index (χ3v) is 6.67. The maximum atomic E-state index is 5.41. The van der Waals surface area contributed by atoms with Crippen LogP contribution < -0.4 is 14.8 Å². The molecule has 0 bridgehead atoms. The Morgan fingerprint density at radius 3 is 2.90 bits per heavy atom. The summed E-state index contributed by atoms with van der Waals surface area (Å²) in [5, 5.41) is 16.7. The Bertz CT molecular complexity index is 1220. The molecule has 4 heterocycles. The number of anilines is 1. The number of tetrazole rings is 1. The van der Waals surface area contributed by atoms with E-state index in [0.717, 1.165) is 65.6 Å². The van der Waals surface area contributed by atoms with Crippen LogP contribution in [-0.4, -0.2) is 64.3 Å². The third kappa shape index (κ3) is 3.21. The lowest BCUT2D eigenvalue weighted by Gasteiger charge is -2.22. The minimum Gasteiger partial charge on any atom is -0.493 e. The van der Waals surface area contributed by atoms with E-state index in [2.05, 4.69) is 38.9 Å². The number of aromatic nitrogens is 5. The molecule has 0 atom stereocenters. The molecule has 0 fully saturated rings. The Balaban J connectivity index is 1.45. The van der Waals surface area contributed by atoms with Gasteiger partial charge in [-0.25, -0.2) is 0 Å². The number of fused-ring (bicyclic) bond motifs is 5. The summed E-state index contributed by atoms with van der Waals surface area (Å²) in [7, 11) is 5.45. The lowest BCUT2D eigenvalue weighted by atomic mass is 10.1. The van der Waals surface area contributed by atoms with Gasteiger partial charge in [0, 0.05) is 24.5 Å². The normalized spacial score (nSPS) is 14.2. The Hall–Kier alpha value is -2.98. The number of hydrogen-bond donors (Lipinski definition) is 1. The average molecular weight is 426 g/mol. The highest BCUT2D eigenvalue weighted by Crippen LogP contribution is 2.38. The van der Waals surface area contributed by atoms with Crippen LogP contribution in [0.25, 0.3) is 16.0 Å². The fourth-order valence-corrected chi connectivity index (χ4v) is 5.31. The molecular weight excluding hydrogens is 402 g/mol. The highest BCUT2D eigenvalue weighted by atomic mass is 32.1. The number of benzene rings is 1. The summed E-state index contributed by atoms with van der Waals surface area (Å²) >= 11 is 1.76.